The summed E-state index contributed by atoms with van der Waals surface area (Å²) in [5, 5.41) is 4.25. The van der Waals surface area contributed by atoms with Gasteiger partial charge in [-0.1, -0.05) is 32.4 Å². The van der Waals surface area contributed by atoms with E-state index in [1.165, 1.54) is 19.3 Å². The summed E-state index contributed by atoms with van der Waals surface area (Å²) in [6.45, 7) is 7.19. The van der Waals surface area contributed by atoms with Crippen LogP contribution in [0.3, 0.4) is 0 Å². The molecule has 2 aliphatic carbocycles. The van der Waals surface area contributed by atoms with Crippen LogP contribution in [0.1, 0.15) is 40.0 Å². The molecule has 0 amide bonds. The minimum absolute atomic E-state index is 0.318. The maximum absolute atomic E-state index is 6.22. The molecule has 3 rings (SSSR count). The van der Waals surface area contributed by atoms with Gasteiger partial charge in [0.15, 0.2) is 5.15 Å². The zero-order valence-corrected chi connectivity index (χ0v) is 14.0. The number of rotatable bonds is 2. The maximum Gasteiger partial charge on any atom is 0.152 e. The quantitative estimate of drug-likeness (QED) is 0.753. The van der Waals surface area contributed by atoms with E-state index in [0.29, 0.717) is 22.0 Å². The Balaban J connectivity index is 1.92. The second kappa shape index (κ2) is 4.36. The van der Waals surface area contributed by atoms with Gasteiger partial charge < -0.3 is 5.32 Å². The Kier molecular flexibility index (Phi) is 3.14. The van der Waals surface area contributed by atoms with Crippen LogP contribution < -0.4 is 5.32 Å². The number of anilines is 1. The van der Waals surface area contributed by atoms with Gasteiger partial charge in [0.1, 0.15) is 0 Å². The summed E-state index contributed by atoms with van der Waals surface area (Å²) in [5.74, 6) is 0.828. The molecule has 0 saturated heterocycles. The van der Waals surface area contributed by atoms with Gasteiger partial charge in [-0.15, -0.1) is 0 Å². The SMILES string of the molecule is CC12CCC(C1)C(C)(C)C2Nc1cc(Br)cnc1Cl. The maximum atomic E-state index is 6.22. The zero-order valence-electron chi connectivity index (χ0n) is 11.6. The molecule has 2 nitrogen and oxygen atoms in total. The van der Waals surface area contributed by atoms with Crippen LogP contribution in [0.25, 0.3) is 0 Å². The van der Waals surface area contributed by atoms with Crippen molar-refractivity contribution in [2.75, 3.05) is 5.32 Å². The lowest BCUT2D eigenvalue weighted by molar-refractivity contribution is 0.155. The monoisotopic (exact) mass is 342 g/mol. The van der Waals surface area contributed by atoms with Crippen molar-refractivity contribution in [3.63, 3.8) is 0 Å². The average molecular weight is 344 g/mol. The van der Waals surface area contributed by atoms with Crippen molar-refractivity contribution >= 4 is 33.2 Å². The van der Waals surface area contributed by atoms with Gasteiger partial charge in [0.2, 0.25) is 0 Å². The summed E-state index contributed by atoms with van der Waals surface area (Å²) in [4.78, 5) is 4.21. The topological polar surface area (TPSA) is 24.9 Å². The van der Waals surface area contributed by atoms with Gasteiger partial charge in [0, 0.05) is 16.7 Å². The molecule has 1 N–H and O–H groups in total. The molecule has 2 aliphatic rings. The van der Waals surface area contributed by atoms with Gasteiger partial charge in [-0.25, -0.2) is 4.98 Å². The predicted octanol–water partition coefficient (Wildman–Crippen LogP) is 5.12. The van der Waals surface area contributed by atoms with E-state index in [9.17, 15) is 0 Å². The van der Waals surface area contributed by atoms with Crippen LogP contribution in [0.4, 0.5) is 5.69 Å². The highest BCUT2D eigenvalue weighted by molar-refractivity contribution is 9.10. The standard InChI is InChI=1S/C15H20BrClN2/c1-14(2)9-4-5-15(3,7-9)13(14)19-11-6-10(16)8-18-12(11)17/h6,8-9,13,19H,4-5,7H2,1-3H3. The number of fused-ring (bicyclic) bond motifs is 2. The molecule has 1 heterocycles. The summed E-state index contributed by atoms with van der Waals surface area (Å²) in [5.41, 5.74) is 1.65. The molecular formula is C15H20BrClN2. The van der Waals surface area contributed by atoms with Crippen molar-refractivity contribution in [1.82, 2.24) is 4.98 Å². The van der Waals surface area contributed by atoms with Crippen molar-refractivity contribution in [3.05, 3.63) is 21.9 Å². The van der Waals surface area contributed by atoms with Crippen LogP contribution in [-0.4, -0.2) is 11.0 Å². The molecule has 0 spiro atoms. The third kappa shape index (κ3) is 2.09. The van der Waals surface area contributed by atoms with E-state index in [1.54, 1.807) is 6.20 Å². The number of halogens is 2. The van der Waals surface area contributed by atoms with Crippen LogP contribution in [0.5, 0.6) is 0 Å². The molecule has 19 heavy (non-hydrogen) atoms. The van der Waals surface area contributed by atoms with Gasteiger partial charge in [-0.3, -0.25) is 0 Å². The minimum atomic E-state index is 0.318. The number of hydrogen-bond acceptors (Lipinski definition) is 2. The van der Waals surface area contributed by atoms with Crippen LogP contribution in [-0.2, 0) is 0 Å². The Morgan fingerprint density at radius 3 is 2.79 bits per heavy atom. The second-order valence-electron chi connectivity index (χ2n) is 6.98. The Morgan fingerprint density at radius 2 is 2.16 bits per heavy atom. The first-order valence-electron chi connectivity index (χ1n) is 6.90. The lowest BCUT2D eigenvalue weighted by Crippen LogP contribution is -2.45. The molecule has 3 atom stereocenters. The highest BCUT2D eigenvalue weighted by Gasteiger charge is 2.59. The lowest BCUT2D eigenvalue weighted by atomic mass is 9.68. The molecule has 4 heteroatoms. The Labute approximate surface area is 128 Å². The molecule has 2 saturated carbocycles. The third-order valence-electron chi connectivity index (χ3n) is 5.38. The van der Waals surface area contributed by atoms with Crippen molar-refractivity contribution in [2.24, 2.45) is 16.7 Å². The summed E-state index contributed by atoms with van der Waals surface area (Å²) >= 11 is 9.69. The van der Waals surface area contributed by atoms with Crippen molar-refractivity contribution < 1.29 is 0 Å². The first-order chi connectivity index (χ1) is 8.83. The molecule has 1 aromatic rings. The second-order valence-corrected chi connectivity index (χ2v) is 8.26. The summed E-state index contributed by atoms with van der Waals surface area (Å²) in [6, 6.07) is 2.49. The number of pyridine rings is 1. The predicted molar refractivity (Wildman–Crippen MR) is 83.6 cm³/mol. The van der Waals surface area contributed by atoms with Gasteiger partial charge in [0.05, 0.1) is 5.69 Å². The van der Waals surface area contributed by atoms with E-state index in [1.807, 2.05) is 6.07 Å². The normalized spacial score (nSPS) is 35.6. The molecule has 0 aromatic carbocycles. The van der Waals surface area contributed by atoms with Gasteiger partial charge >= 0.3 is 0 Å². The van der Waals surface area contributed by atoms with Crippen LogP contribution in [0.2, 0.25) is 5.15 Å². The van der Waals surface area contributed by atoms with E-state index in [4.69, 9.17) is 11.6 Å². The highest BCUT2D eigenvalue weighted by Crippen LogP contribution is 2.63. The molecule has 104 valence electrons. The van der Waals surface area contributed by atoms with E-state index < -0.39 is 0 Å². The first-order valence-corrected chi connectivity index (χ1v) is 8.08. The molecule has 1 aromatic heterocycles. The fraction of sp³-hybridized carbons (Fsp3) is 0.667. The smallest absolute Gasteiger partial charge is 0.152 e. The Hall–Kier alpha value is -0.280. The molecule has 2 fully saturated rings. The van der Waals surface area contributed by atoms with Crippen LogP contribution in [0.15, 0.2) is 16.7 Å². The molecule has 2 bridgehead atoms. The molecule has 0 radical (unpaired) electrons. The zero-order chi connectivity index (χ0) is 13.8. The van der Waals surface area contributed by atoms with Crippen LogP contribution in [0, 0.1) is 16.7 Å². The van der Waals surface area contributed by atoms with E-state index in [0.717, 1.165) is 16.1 Å². The summed E-state index contributed by atoms with van der Waals surface area (Å²) in [7, 11) is 0. The third-order valence-corrected chi connectivity index (χ3v) is 6.11. The number of nitrogens with one attached hydrogen (secondary N) is 1. The highest BCUT2D eigenvalue weighted by atomic mass is 79.9. The van der Waals surface area contributed by atoms with Gasteiger partial charge in [-0.05, 0) is 58.0 Å². The molecular weight excluding hydrogens is 324 g/mol. The summed E-state index contributed by atoms with van der Waals surface area (Å²) < 4.78 is 0.963. The number of hydrogen-bond donors (Lipinski definition) is 1. The first kappa shape index (κ1) is 13.7. The Morgan fingerprint density at radius 1 is 1.42 bits per heavy atom. The van der Waals surface area contributed by atoms with Crippen molar-refractivity contribution in [1.29, 1.82) is 0 Å². The fourth-order valence-electron chi connectivity index (χ4n) is 4.34. The van der Waals surface area contributed by atoms with Gasteiger partial charge in [0.25, 0.3) is 0 Å². The number of nitrogens with zero attached hydrogens (tertiary/aromatic N) is 1. The van der Waals surface area contributed by atoms with Crippen LogP contribution >= 0.6 is 27.5 Å². The van der Waals surface area contributed by atoms with Gasteiger partial charge in [-0.2, -0.15) is 0 Å². The van der Waals surface area contributed by atoms with Crippen molar-refractivity contribution in [2.45, 2.75) is 46.1 Å². The number of aromatic nitrogens is 1. The molecule has 0 aliphatic heterocycles. The van der Waals surface area contributed by atoms with E-state index in [2.05, 4.69) is 47.0 Å². The minimum Gasteiger partial charge on any atom is -0.379 e. The molecule has 3 unspecified atom stereocenters. The van der Waals surface area contributed by atoms with E-state index >= 15 is 0 Å². The average Bonchev–Trinajstić information content (AvgIpc) is 2.80. The largest absolute Gasteiger partial charge is 0.379 e. The van der Waals surface area contributed by atoms with E-state index in [-0.39, 0.29) is 0 Å². The lowest BCUT2D eigenvalue weighted by Gasteiger charge is -2.43. The Bertz CT molecular complexity index is 512. The summed E-state index contributed by atoms with van der Waals surface area (Å²) in [6.07, 6.45) is 5.75. The van der Waals surface area contributed by atoms with Crippen molar-refractivity contribution in [3.8, 4) is 0 Å². The fourth-order valence-corrected chi connectivity index (χ4v) is 4.83.